The van der Waals surface area contributed by atoms with Crippen LogP contribution >= 0.6 is 0 Å². The molecule has 0 saturated carbocycles. The summed E-state index contributed by atoms with van der Waals surface area (Å²) in [4.78, 5) is 13.3. The lowest BCUT2D eigenvalue weighted by Gasteiger charge is -2.36. The van der Waals surface area contributed by atoms with Gasteiger partial charge in [0.2, 0.25) is 6.29 Å². The number of ether oxygens (including phenoxy) is 2. The minimum absolute atomic E-state index is 0.186. The van der Waals surface area contributed by atoms with E-state index in [0.29, 0.717) is 17.3 Å². The highest BCUT2D eigenvalue weighted by Crippen LogP contribution is 2.22. The van der Waals surface area contributed by atoms with Gasteiger partial charge in [-0.25, -0.2) is 4.79 Å². The molecule has 0 aromatic heterocycles. The minimum Gasteiger partial charge on any atom is -0.455 e. The van der Waals surface area contributed by atoms with Crippen LogP contribution in [-0.4, -0.2) is 36.9 Å². The van der Waals surface area contributed by atoms with Gasteiger partial charge >= 0.3 is 5.97 Å². The molecule has 2 aromatic carbocycles. The Morgan fingerprint density at radius 2 is 1.34 bits per heavy atom. The summed E-state index contributed by atoms with van der Waals surface area (Å²) < 4.78 is 12.7. The van der Waals surface area contributed by atoms with E-state index in [1.807, 2.05) is 30.3 Å². The van der Waals surface area contributed by atoms with Crippen LogP contribution in [0.2, 0.25) is 0 Å². The second-order valence-electron chi connectivity index (χ2n) is 11.3. The number of nitrogens with zero attached hydrogens (tertiary/aromatic N) is 1. The molecule has 0 aliphatic heterocycles. The average molecular weight is 525 g/mol. The number of quaternary nitrogens is 1. The van der Waals surface area contributed by atoms with Crippen LogP contribution in [0.4, 0.5) is 0 Å². The quantitative estimate of drug-likeness (QED) is 0.0751. The maximum absolute atomic E-state index is 13.3. The lowest BCUT2D eigenvalue weighted by atomic mass is 10.0. The van der Waals surface area contributed by atoms with Crippen LogP contribution in [0.1, 0.15) is 109 Å². The van der Waals surface area contributed by atoms with Gasteiger partial charge in [0.05, 0.1) is 14.1 Å². The molecule has 2 unspecified atom stereocenters. The lowest BCUT2D eigenvalue weighted by Crippen LogP contribution is -2.53. The Hall–Kier alpha value is -2.33. The van der Waals surface area contributed by atoms with Gasteiger partial charge in [0, 0.05) is 18.4 Å². The number of likely N-dealkylation sites (N-methyl/N-ethyl adjacent to an activating group) is 1. The van der Waals surface area contributed by atoms with Gasteiger partial charge in [-0.3, -0.25) is 0 Å². The van der Waals surface area contributed by atoms with E-state index in [4.69, 9.17) is 9.47 Å². The van der Waals surface area contributed by atoms with Crippen LogP contribution in [-0.2, 0) is 22.5 Å². The monoisotopic (exact) mass is 524 g/mol. The number of carbonyl (C=O) groups is 1. The van der Waals surface area contributed by atoms with Crippen molar-refractivity contribution in [3.05, 3.63) is 65.7 Å². The molecule has 212 valence electrons. The second kappa shape index (κ2) is 18.0. The number of rotatable bonds is 20. The molecule has 2 aromatic rings. The third kappa shape index (κ3) is 12.0. The fourth-order valence-corrected chi connectivity index (χ4v) is 5.22. The predicted octanol–water partition coefficient (Wildman–Crippen LogP) is 8.86. The Bertz CT molecular complexity index is 878. The molecule has 0 spiro atoms. The van der Waals surface area contributed by atoms with E-state index in [1.165, 1.54) is 68.9 Å². The standard InChI is InChI=1S/C34H54NO3/c1-6-9-10-11-12-13-14-15-17-21-29-24-26-31(27-25-29)37-33(20-7-2)38-34(36)32(8-3)35(4,5)28-30-22-18-16-19-23-30/h16,18-19,22-27,32-33H,6-15,17,20-21,28H2,1-5H3/q+1. The Kier molecular flexibility index (Phi) is 15.1. The van der Waals surface area contributed by atoms with Gasteiger partial charge in [-0.2, -0.15) is 0 Å². The highest BCUT2D eigenvalue weighted by atomic mass is 16.7. The summed E-state index contributed by atoms with van der Waals surface area (Å²) in [5.41, 5.74) is 2.56. The molecule has 0 aliphatic carbocycles. The number of hydrogen-bond donors (Lipinski definition) is 0. The first-order valence-electron chi connectivity index (χ1n) is 15.2. The fourth-order valence-electron chi connectivity index (χ4n) is 5.22. The van der Waals surface area contributed by atoms with E-state index in [9.17, 15) is 4.79 Å². The largest absolute Gasteiger partial charge is 0.455 e. The smallest absolute Gasteiger partial charge is 0.368 e. The molecule has 0 N–H and O–H groups in total. The molecule has 2 rings (SSSR count). The fraction of sp³-hybridized carbons (Fsp3) is 0.618. The molecule has 4 heteroatoms. The number of hydrogen-bond acceptors (Lipinski definition) is 3. The summed E-state index contributed by atoms with van der Waals surface area (Å²) >= 11 is 0. The predicted molar refractivity (Wildman–Crippen MR) is 159 cm³/mol. The molecule has 2 atom stereocenters. The van der Waals surface area contributed by atoms with Crippen molar-refractivity contribution < 1.29 is 18.8 Å². The Morgan fingerprint density at radius 3 is 1.92 bits per heavy atom. The van der Waals surface area contributed by atoms with Crippen molar-refractivity contribution in [3.8, 4) is 5.75 Å². The Labute approximate surface area is 233 Å². The number of benzene rings is 2. The summed E-state index contributed by atoms with van der Waals surface area (Å²) in [6, 6.07) is 18.4. The summed E-state index contributed by atoms with van der Waals surface area (Å²) in [6.45, 7) is 7.19. The third-order valence-electron chi connectivity index (χ3n) is 7.47. The van der Waals surface area contributed by atoms with Gasteiger partial charge in [-0.1, -0.05) is 115 Å². The lowest BCUT2D eigenvalue weighted by molar-refractivity contribution is -0.919. The van der Waals surface area contributed by atoms with Crippen LogP contribution < -0.4 is 4.74 Å². The topological polar surface area (TPSA) is 35.5 Å². The van der Waals surface area contributed by atoms with E-state index in [1.54, 1.807) is 0 Å². The van der Waals surface area contributed by atoms with E-state index >= 15 is 0 Å². The van der Waals surface area contributed by atoms with E-state index in [2.05, 4.69) is 59.1 Å². The summed E-state index contributed by atoms with van der Waals surface area (Å²) in [5, 5.41) is 0. The summed E-state index contributed by atoms with van der Waals surface area (Å²) in [5.74, 6) is 0.576. The van der Waals surface area contributed by atoms with Gasteiger partial charge in [0.25, 0.3) is 0 Å². The van der Waals surface area contributed by atoms with Crippen LogP contribution in [0.15, 0.2) is 54.6 Å². The van der Waals surface area contributed by atoms with Crippen LogP contribution in [0.3, 0.4) is 0 Å². The second-order valence-corrected chi connectivity index (χ2v) is 11.3. The number of esters is 1. The Balaban J connectivity index is 1.82. The first-order valence-corrected chi connectivity index (χ1v) is 15.2. The van der Waals surface area contributed by atoms with Gasteiger partial charge in [0.1, 0.15) is 12.3 Å². The van der Waals surface area contributed by atoms with Gasteiger partial charge < -0.3 is 14.0 Å². The number of carbonyl (C=O) groups excluding carboxylic acids is 1. The van der Waals surface area contributed by atoms with Crippen molar-refractivity contribution in [2.75, 3.05) is 14.1 Å². The summed E-state index contributed by atoms with van der Waals surface area (Å²) in [7, 11) is 4.20. The van der Waals surface area contributed by atoms with Crippen molar-refractivity contribution in [1.29, 1.82) is 0 Å². The van der Waals surface area contributed by atoms with Crippen molar-refractivity contribution in [3.63, 3.8) is 0 Å². The van der Waals surface area contributed by atoms with E-state index in [-0.39, 0.29) is 12.0 Å². The Morgan fingerprint density at radius 1 is 0.737 bits per heavy atom. The molecule has 0 fully saturated rings. The van der Waals surface area contributed by atoms with Crippen molar-refractivity contribution in [2.45, 2.75) is 123 Å². The molecule has 0 amide bonds. The molecular weight excluding hydrogens is 470 g/mol. The number of unbranched alkanes of at least 4 members (excludes halogenated alkanes) is 8. The molecule has 0 heterocycles. The third-order valence-corrected chi connectivity index (χ3v) is 7.47. The molecule has 0 aliphatic rings. The first-order chi connectivity index (χ1) is 18.4. The van der Waals surface area contributed by atoms with E-state index < -0.39 is 6.29 Å². The SMILES string of the molecule is CCCCCCCCCCCc1ccc(OC(CCC)OC(=O)C(CC)[N+](C)(C)Cc2ccccc2)cc1. The minimum atomic E-state index is -0.568. The zero-order chi connectivity index (χ0) is 27.6. The molecule has 0 radical (unpaired) electrons. The molecule has 0 bridgehead atoms. The highest BCUT2D eigenvalue weighted by Gasteiger charge is 2.36. The van der Waals surface area contributed by atoms with Gasteiger partial charge in [-0.05, 0) is 37.0 Å². The van der Waals surface area contributed by atoms with Crippen molar-refractivity contribution in [1.82, 2.24) is 0 Å². The molecule has 0 saturated heterocycles. The van der Waals surface area contributed by atoms with Crippen LogP contribution in [0.5, 0.6) is 5.75 Å². The summed E-state index contributed by atoms with van der Waals surface area (Å²) in [6.07, 6.45) is 14.9. The number of aryl methyl sites for hydroxylation is 1. The van der Waals surface area contributed by atoms with E-state index in [0.717, 1.165) is 25.1 Å². The van der Waals surface area contributed by atoms with Gasteiger partial charge in [-0.15, -0.1) is 0 Å². The van der Waals surface area contributed by atoms with Crippen LogP contribution in [0.25, 0.3) is 0 Å². The first kappa shape index (κ1) is 31.9. The molecule has 38 heavy (non-hydrogen) atoms. The molecule has 4 nitrogen and oxygen atoms in total. The zero-order valence-electron chi connectivity index (χ0n) is 24.9. The maximum Gasteiger partial charge on any atom is 0.368 e. The van der Waals surface area contributed by atoms with Crippen molar-refractivity contribution >= 4 is 5.97 Å². The maximum atomic E-state index is 13.3. The van der Waals surface area contributed by atoms with Gasteiger partial charge in [0.15, 0.2) is 6.04 Å². The zero-order valence-corrected chi connectivity index (χ0v) is 24.9. The normalized spacial score (nSPS) is 13.2. The van der Waals surface area contributed by atoms with Crippen LogP contribution in [0, 0.1) is 0 Å². The molecular formula is C34H54NO3+. The van der Waals surface area contributed by atoms with Crippen molar-refractivity contribution in [2.24, 2.45) is 0 Å². The highest BCUT2D eigenvalue weighted by molar-refractivity contribution is 5.74. The average Bonchev–Trinajstić information content (AvgIpc) is 2.89.